The highest BCUT2D eigenvalue weighted by molar-refractivity contribution is 5.99. The molecule has 2 aromatic heterocycles. The molecule has 9 heteroatoms. The van der Waals surface area contributed by atoms with Crippen LogP contribution >= 0.6 is 0 Å². The Balaban J connectivity index is 1.44. The van der Waals surface area contributed by atoms with Gasteiger partial charge in [0.1, 0.15) is 5.65 Å². The van der Waals surface area contributed by atoms with Crippen LogP contribution in [0.4, 0.5) is 11.6 Å². The van der Waals surface area contributed by atoms with Crippen LogP contribution in [-0.2, 0) is 4.79 Å². The number of anilines is 2. The van der Waals surface area contributed by atoms with Crippen LogP contribution in [0.2, 0.25) is 0 Å². The Morgan fingerprint density at radius 3 is 2.64 bits per heavy atom. The predicted octanol–water partition coefficient (Wildman–Crippen LogP) is 2.82. The maximum atomic E-state index is 12.9. The number of nitrogens with one attached hydrogen (secondary N) is 2. The summed E-state index contributed by atoms with van der Waals surface area (Å²) in [4.78, 5) is 47.3. The lowest BCUT2D eigenvalue weighted by Crippen LogP contribution is -2.32. The van der Waals surface area contributed by atoms with Crippen molar-refractivity contribution in [2.75, 3.05) is 23.7 Å². The summed E-state index contributed by atoms with van der Waals surface area (Å²) in [6, 6.07) is 10.00. The van der Waals surface area contributed by atoms with Gasteiger partial charge >= 0.3 is 0 Å². The van der Waals surface area contributed by atoms with Gasteiger partial charge in [0.2, 0.25) is 11.9 Å². The molecular formula is C24H26N6O3. The van der Waals surface area contributed by atoms with Crippen LogP contribution in [0.25, 0.3) is 11.0 Å². The van der Waals surface area contributed by atoms with E-state index in [4.69, 9.17) is 0 Å². The minimum Gasteiger partial charge on any atom is -0.350 e. The summed E-state index contributed by atoms with van der Waals surface area (Å²) in [7, 11) is 0. The van der Waals surface area contributed by atoms with Gasteiger partial charge in [0.25, 0.3) is 11.5 Å². The molecule has 4 rings (SSSR count). The average Bonchev–Trinajstić information content (AvgIpc) is 3.27. The number of amides is 2. The van der Waals surface area contributed by atoms with E-state index in [-0.39, 0.29) is 29.5 Å². The van der Waals surface area contributed by atoms with Crippen LogP contribution in [0.15, 0.2) is 60.0 Å². The second-order valence-electron chi connectivity index (χ2n) is 8.26. The van der Waals surface area contributed by atoms with Crippen LogP contribution in [0.3, 0.4) is 0 Å². The van der Waals surface area contributed by atoms with Gasteiger partial charge in [-0.15, -0.1) is 0 Å². The van der Waals surface area contributed by atoms with Crippen molar-refractivity contribution in [3.63, 3.8) is 0 Å². The fraction of sp³-hybridized carbons (Fsp3) is 0.292. The molecule has 33 heavy (non-hydrogen) atoms. The third kappa shape index (κ3) is 4.77. The van der Waals surface area contributed by atoms with Gasteiger partial charge in [-0.25, -0.2) is 4.98 Å². The molecule has 0 unspecified atom stereocenters. The van der Waals surface area contributed by atoms with E-state index in [9.17, 15) is 14.4 Å². The van der Waals surface area contributed by atoms with Crippen molar-refractivity contribution in [1.29, 1.82) is 0 Å². The molecule has 2 N–H and O–H groups in total. The van der Waals surface area contributed by atoms with Crippen LogP contribution in [0.5, 0.6) is 0 Å². The Labute approximate surface area is 191 Å². The zero-order valence-electron chi connectivity index (χ0n) is 18.6. The number of aromatic nitrogens is 3. The highest BCUT2D eigenvalue weighted by Crippen LogP contribution is 2.20. The van der Waals surface area contributed by atoms with Crippen molar-refractivity contribution < 1.29 is 9.59 Å². The minimum absolute atomic E-state index is 0.000451. The first kappa shape index (κ1) is 22.2. The Kier molecular flexibility index (Phi) is 6.21. The Morgan fingerprint density at radius 2 is 1.94 bits per heavy atom. The molecule has 1 saturated heterocycles. The van der Waals surface area contributed by atoms with Crippen LogP contribution < -0.4 is 16.2 Å². The molecule has 3 heterocycles. The Hall–Kier alpha value is -4.01. The van der Waals surface area contributed by atoms with Crippen molar-refractivity contribution in [1.82, 2.24) is 19.4 Å². The van der Waals surface area contributed by atoms with E-state index in [1.165, 1.54) is 12.1 Å². The molecule has 0 spiro atoms. The summed E-state index contributed by atoms with van der Waals surface area (Å²) in [6.45, 7) is 8.42. The fourth-order valence-corrected chi connectivity index (χ4v) is 3.92. The summed E-state index contributed by atoms with van der Waals surface area (Å²) in [5.41, 5.74) is 1.64. The lowest BCUT2D eigenvalue weighted by Gasteiger charge is -2.18. The first-order valence-electron chi connectivity index (χ1n) is 10.8. The van der Waals surface area contributed by atoms with Crippen molar-refractivity contribution in [3.8, 4) is 0 Å². The first-order valence-corrected chi connectivity index (χ1v) is 10.8. The second kappa shape index (κ2) is 9.23. The molecule has 170 valence electrons. The molecule has 0 radical (unpaired) electrons. The first-order chi connectivity index (χ1) is 15.9. The van der Waals surface area contributed by atoms with Gasteiger partial charge in [-0.2, -0.15) is 4.98 Å². The summed E-state index contributed by atoms with van der Waals surface area (Å²) in [5.74, 6) is 0.0573. The molecule has 1 fully saturated rings. The third-order valence-corrected chi connectivity index (χ3v) is 5.58. The number of hydrogen-bond donors (Lipinski definition) is 2. The highest BCUT2D eigenvalue weighted by atomic mass is 16.2. The molecule has 0 aliphatic carbocycles. The summed E-state index contributed by atoms with van der Waals surface area (Å²) >= 11 is 0. The van der Waals surface area contributed by atoms with Gasteiger partial charge < -0.3 is 15.5 Å². The normalized spacial score (nSPS) is 15.6. The SMILES string of the molecule is C=CC(=O)Nc1ccc(C(=O)N2CC[C@H](Nc3ncc4ccc(=O)n(C(C)C)c4n3)C2)cc1. The number of carbonyl (C=O) groups excluding carboxylic acids is 2. The maximum absolute atomic E-state index is 12.9. The predicted molar refractivity (Wildman–Crippen MR) is 127 cm³/mol. The second-order valence-corrected chi connectivity index (χ2v) is 8.26. The van der Waals surface area contributed by atoms with E-state index in [0.29, 0.717) is 35.9 Å². The average molecular weight is 447 g/mol. The number of likely N-dealkylation sites (tertiary alicyclic amines) is 1. The van der Waals surface area contributed by atoms with Crippen LogP contribution in [-0.4, -0.2) is 50.4 Å². The van der Waals surface area contributed by atoms with E-state index in [1.807, 2.05) is 13.8 Å². The van der Waals surface area contributed by atoms with Crippen molar-refractivity contribution in [2.24, 2.45) is 0 Å². The van der Waals surface area contributed by atoms with E-state index in [1.54, 1.807) is 46.0 Å². The van der Waals surface area contributed by atoms with Gasteiger partial charge in [-0.05, 0) is 56.7 Å². The zero-order valence-corrected chi connectivity index (χ0v) is 18.6. The zero-order chi connectivity index (χ0) is 23.5. The van der Waals surface area contributed by atoms with Gasteiger partial charge in [-0.3, -0.25) is 19.0 Å². The highest BCUT2D eigenvalue weighted by Gasteiger charge is 2.27. The molecule has 1 aliphatic heterocycles. The van der Waals surface area contributed by atoms with E-state index < -0.39 is 0 Å². The van der Waals surface area contributed by atoms with Gasteiger partial charge in [0, 0.05) is 54.1 Å². The van der Waals surface area contributed by atoms with E-state index in [2.05, 4.69) is 27.2 Å². The summed E-state index contributed by atoms with van der Waals surface area (Å²) in [5, 5.41) is 6.76. The lowest BCUT2D eigenvalue weighted by molar-refractivity contribution is -0.111. The van der Waals surface area contributed by atoms with E-state index in [0.717, 1.165) is 11.8 Å². The van der Waals surface area contributed by atoms with Crippen molar-refractivity contribution in [2.45, 2.75) is 32.4 Å². The summed E-state index contributed by atoms with van der Waals surface area (Å²) in [6.07, 6.45) is 3.65. The Bertz CT molecular complexity index is 1270. The fourth-order valence-electron chi connectivity index (χ4n) is 3.92. The molecule has 3 aromatic rings. The quantitative estimate of drug-likeness (QED) is 0.564. The monoisotopic (exact) mass is 446 g/mol. The number of rotatable bonds is 6. The molecular weight excluding hydrogens is 420 g/mol. The number of pyridine rings is 1. The number of hydrogen-bond acceptors (Lipinski definition) is 6. The van der Waals surface area contributed by atoms with Gasteiger partial charge in [0.05, 0.1) is 0 Å². The third-order valence-electron chi connectivity index (χ3n) is 5.58. The molecule has 1 aromatic carbocycles. The molecule has 0 bridgehead atoms. The smallest absolute Gasteiger partial charge is 0.253 e. The Morgan fingerprint density at radius 1 is 1.18 bits per heavy atom. The van der Waals surface area contributed by atoms with Crippen molar-refractivity contribution in [3.05, 3.63) is 71.2 Å². The van der Waals surface area contributed by atoms with E-state index >= 15 is 0 Å². The van der Waals surface area contributed by atoms with Gasteiger partial charge in [0.15, 0.2) is 0 Å². The molecule has 1 aliphatic rings. The number of benzene rings is 1. The maximum Gasteiger partial charge on any atom is 0.253 e. The topological polar surface area (TPSA) is 109 Å². The standard InChI is InChI=1S/C24H26N6O3/c1-4-20(31)26-18-8-5-16(6-9-18)23(33)29-12-11-19(14-29)27-24-25-13-17-7-10-21(32)30(15(2)3)22(17)28-24/h4-10,13,15,19H,1,11-12,14H2,2-3H3,(H,26,31)(H,25,27,28)/t19-/m0/s1. The largest absolute Gasteiger partial charge is 0.350 e. The molecule has 2 amide bonds. The molecule has 0 saturated carbocycles. The van der Waals surface area contributed by atoms with Crippen LogP contribution in [0.1, 0.15) is 36.7 Å². The number of nitrogens with zero attached hydrogens (tertiary/aromatic N) is 4. The summed E-state index contributed by atoms with van der Waals surface area (Å²) < 4.78 is 1.65. The van der Waals surface area contributed by atoms with Crippen LogP contribution in [0, 0.1) is 0 Å². The molecule has 1 atom stereocenters. The lowest BCUT2D eigenvalue weighted by atomic mass is 10.2. The van der Waals surface area contributed by atoms with Gasteiger partial charge in [-0.1, -0.05) is 6.58 Å². The number of carbonyl (C=O) groups is 2. The number of fused-ring (bicyclic) bond motifs is 1. The van der Waals surface area contributed by atoms with Crippen molar-refractivity contribution >= 4 is 34.5 Å². The molecule has 9 nitrogen and oxygen atoms in total. The minimum atomic E-state index is -0.302.